The Morgan fingerprint density at radius 1 is 0.447 bits per heavy atom. The predicted molar refractivity (Wildman–Crippen MR) is 202 cm³/mol. The normalized spacial score (nSPS) is 13.1. The van der Waals surface area contributed by atoms with Crippen molar-refractivity contribution in [1.29, 1.82) is 0 Å². The fourth-order valence-electron chi connectivity index (χ4n) is 7.60. The summed E-state index contributed by atoms with van der Waals surface area (Å²) in [6, 6.07) is 59.8. The Morgan fingerprint density at radius 2 is 1.04 bits per heavy atom. The van der Waals surface area contributed by atoms with Gasteiger partial charge in [-0.1, -0.05) is 129 Å². The first kappa shape index (κ1) is 27.8. The molecule has 0 spiro atoms. The van der Waals surface area contributed by atoms with Gasteiger partial charge in [0.2, 0.25) is 0 Å². The van der Waals surface area contributed by atoms with E-state index < -0.39 is 0 Å². The van der Waals surface area contributed by atoms with Crippen molar-refractivity contribution in [3.8, 4) is 33.4 Å². The van der Waals surface area contributed by atoms with Gasteiger partial charge >= 0.3 is 0 Å². The van der Waals surface area contributed by atoms with Gasteiger partial charge < -0.3 is 4.90 Å². The number of hydrogen-bond donors (Lipinski definition) is 0. The Morgan fingerprint density at radius 3 is 1.81 bits per heavy atom. The lowest BCUT2D eigenvalue weighted by molar-refractivity contribution is 0.667. The lowest BCUT2D eigenvalue weighted by Gasteiger charge is -2.27. The summed E-state index contributed by atoms with van der Waals surface area (Å²) < 4.78 is 2.67. The average Bonchev–Trinajstić information content (AvgIpc) is 3.61. The van der Waals surface area contributed by atoms with E-state index in [0.29, 0.717) is 0 Å². The molecule has 0 bridgehead atoms. The Hall–Kier alpha value is -5.44. The van der Waals surface area contributed by atoms with Gasteiger partial charge in [-0.15, -0.1) is 11.3 Å². The highest BCUT2D eigenvalue weighted by atomic mass is 32.1. The number of benzene rings is 7. The standard InChI is InChI=1S/C45H33NS/c1-45(2)40-19-10-9-18-37(40)38-25-27-42-43(44(38)45)39-29-36(24-26-41(39)47-42)46(34-22-20-32(21-23-34)30-12-5-3-6-13-30)35-17-11-16-33(28-35)31-14-7-4-8-15-31/h3-29H,1-2H3. The molecule has 0 radical (unpaired) electrons. The molecule has 9 rings (SSSR count). The molecule has 0 aliphatic heterocycles. The van der Waals surface area contributed by atoms with Crippen LogP contribution in [0.3, 0.4) is 0 Å². The second-order valence-electron chi connectivity index (χ2n) is 13.0. The molecular formula is C45H33NS. The maximum atomic E-state index is 2.42. The molecule has 1 aliphatic carbocycles. The molecule has 0 saturated heterocycles. The second-order valence-corrected chi connectivity index (χ2v) is 14.1. The Kier molecular flexibility index (Phi) is 6.41. The minimum Gasteiger partial charge on any atom is -0.310 e. The molecule has 47 heavy (non-hydrogen) atoms. The number of thiophene rings is 1. The van der Waals surface area contributed by atoms with Crippen LogP contribution in [0.4, 0.5) is 17.1 Å². The highest BCUT2D eigenvalue weighted by Crippen LogP contribution is 2.54. The third kappa shape index (κ3) is 4.52. The van der Waals surface area contributed by atoms with Crippen LogP contribution in [-0.4, -0.2) is 0 Å². The van der Waals surface area contributed by atoms with Crippen molar-refractivity contribution in [3.05, 3.63) is 175 Å². The molecule has 0 fully saturated rings. The maximum absolute atomic E-state index is 2.42. The van der Waals surface area contributed by atoms with Gasteiger partial charge in [0.1, 0.15) is 0 Å². The first-order valence-corrected chi connectivity index (χ1v) is 17.1. The predicted octanol–water partition coefficient (Wildman–Crippen LogP) is 13.2. The summed E-state index contributed by atoms with van der Waals surface area (Å²) in [5.74, 6) is 0. The molecule has 1 aromatic heterocycles. The minimum absolute atomic E-state index is 0.0770. The van der Waals surface area contributed by atoms with E-state index in [9.17, 15) is 0 Å². The zero-order valence-electron chi connectivity index (χ0n) is 26.4. The van der Waals surface area contributed by atoms with Crippen LogP contribution in [0.15, 0.2) is 164 Å². The highest BCUT2D eigenvalue weighted by Gasteiger charge is 2.37. The number of hydrogen-bond acceptors (Lipinski definition) is 2. The van der Waals surface area contributed by atoms with Gasteiger partial charge in [-0.05, 0) is 93.0 Å². The van der Waals surface area contributed by atoms with Crippen molar-refractivity contribution in [1.82, 2.24) is 0 Å². The summed E-state index contributed by atoms with van der Waals surface area (Å²) in [4.78, 5) is 2.41. The average molecular weight is 620 g/mol. The first-order valence-electron chi connectivity index (χ1n) is 16.3. The lowest BCUT2D eigenvalue weighted by Crippen LogP contribution is -2.15. The van der Waals surface area contributed by atoms with E-state index in [4.69, 9.17) is 0 Å². The lowest BCUT2D eigenvalue weighted by atomic mass is 9.80. The molecule has 224 valence electrons. The van der Waals surface area contributed by atoms with E-state index in [1.807, 2.05) is 11.3 Å². The Balaban J connectivity index is 1.25. The van der Waals surface area contributed by atoms with E-state index in [1.165, 1.54) is 64.7 Å². The van der Waals surface area contributed by atoms with Crippen molar-refractivity contribution in [2.75, 3.05) is 4.90 Å². The highest BCUT2D eigenvalue weighted by molar-refractivity contribution is 7.25. The number of rotatable bonds is 5. The smallest absolute Gasteiger partial charge is 0.0468 e. The topological polar surface area (TPSA) is 3.24 Å². The van der Waals surface area contributed by atoms with Crippen LogP contribution in [0.5, 0.6) is 0 Å². The molecule has 0 atom stereocenters. The molecule has 0 saturated carbocycles. The summed E-state index contributed by atoms with van der Waals surface area (Å²) in [6.45, 7) is 4.78. The van der Waals surface area contributed by atoms with Crippen molar-refractivity contribution < 1.29 is 0 Å². The molecule has 0 N–H and O–H groups in total. The summed E-state index contributed by atoms with van der Waals surface area (Å²) in [5, 5.41) is 2.72. The van der Waals surface area contributed by atoms with E-state index in [0.717, 1.165) is 17.1 Å². The number of anilines is 3. The van der Waals surface area contributed by atoms with Crippen LogP contribution < -0.4 is 4.90 Å². The molecule has 8 aromatic rings. The van der Waals surface area contributed by atoms with Crippen molar-refractivity contribution in [3.63, 3.8) is 0 Å². The van der Waals surface area contributed by atoms with Crippen LogP contribution >= 0.6 is 11.3 Å². The molecule has 1 aliphatic rings. The van der Waals surface area contributed by atoms with Crippen LogP contribution in [0, 0.1) is 0 Å². The summed E-state index contributed by atoms with van der Waals surface area (Å²) in [5.41, 5.74) is 13.8. The molecule has 1 nitrogen and oxygen atoms in total. The van der Waals surface area contributed by atoms with Gasteiger partial charge in [0, 0.05) is 42.6 Å². The largest absolute Gasteiger partial charge is 0.310 e. The molecule has 7 aromatic carbocycles. The van der Waals surface area contributed by atoms with E-state index in [2.05, 4.69) is 183 Å². The molecular weight excluding hydrogens is 587 g/mol. The van der Waals surface area contributed by atoms with Gasteiger partial charge in [0.15, 0.2) is 0 Å². The van der Waals surface area contributed by atoms with Crippen LogP contribution in [0.2, 0.25) is 0 Å². The van der Waals surface area contributed by atoms with Gasteiger partial charge in [-0.3, -0.25) is 0 Å². The van der Waals surface area contributed by atoms with E-state index in [1.54, 1.807) is 0 Å². The van der Waals surface area contributed by atoms with Crippen LogP contribution in [0.25, 0.3) is 53.6 Å². The van der Waals surface area contributed by atoms with Gasteiger partial charge in [0.05, 0.1) is 0 Å². The molecule has 1 heterocycles. The fraction of sp³-hybridized carbons (Fsp3) is 0.0667. The van der Waals surface area contributed by atoms with Crippen molar-refractivity contribution in [2.45, 2.75) is 19.3 Å². The summed E-state index contributed by atoms with van der Waals surface area (Å²) in [6.07, 6.45) is 0. The molecule has 0 amide bonds. The van der Waals surface area contributed by atoms with Gasteiger partial charge in [-0.25, -0.2) is 0 Å². The van der Waals surface area contributed by atoms with Crippen molar-refractivity contribution >= 4 is 48.6 Å². The third-order valence-electron chi connectivity index (χ3n) is 9.84. The third-order valence-corrected chi connectivity index (χ3v) is 11.0. The van der Waals surface area contributed by atoms with Gasteiger partial charge in [-0.2, -0.15) is 0 Å². The second kappa shape index (κ2) is 10.8. The fourth-order valence-corrected chi connectivity index (χ4v) is 8.70. The number of fused-ring (bicyclic) bond motifs is 7. The van der Waals surface area contributed by atoms with E-state index in [-0.39, 0.29) is 5.41 Å². The Labute approximate surface area is 280 Å². The molecule has 2 heteroatoms. The number of nitrogens with zero attached hydrogens (tertiary/aromatic N) is 1. The van der Waals surface area contributed by atoms with Gasteiger partial charge in [0.25, 0.3) is 0 Å². The summed E-state index contributed by atoms with van der Waals surface area (Å²) >= 11 is 1.90. The zero-order valence-corrected chi connectivity index (χ0v) is 27.3. The minimum atomic E-state index is -0.0770. The van der Waals surface area contributed by atoms with Crippen LogP contribution in [-0.2, 0) is 5.41 Å². The SMILES string of the molecule is CC1(C)c2ccccc2-c2ccc3sc4ccc(N(c5ccc(-c6ccccc6)cc5)c5cccc(-c6ccccc6)c5)cc4c3c21. The van der Waals surface area contributed by atoms with Crippen LogP contribution in [0.1, 0.15) is 25.0 Å². The van der Waals surface area contributed by atoms with E-state index >= 15 is 0 Å². The summed E-state index contributed by atoms with van der Waals surface area (Å²) in [7, 11) is 0. The molecule has 0 unspecified atom stereocenters. The van der Waals surface area contributed by atoms with Crippen molar-refractivity contribution in [2.24, 2.45) is 0 Å². The quantitative estimate of drug-likeness (QED) is 0.185. The monoisotopic (exact) mass is 619 g/mol. The maximum Gasteiger partial charge on any atom is 0.0468 e. The Bertz CT molecular complexity index is 2420. The first-order chi connectivity index (χ1) is 23.1. The zero-order chi connectivity index (χ0) is 31.5.